The molecule has 0 aliphatic rings. The lowest BCUT2D eigenvalue weighted by Gasteiger charge is -2.13. The molecule has 0 radical (unpaired) electrons. The van der Waals surface area contributed by atoms with E-state index in [1.165, 1.54) is 27.7 Å². The first-order chi connectivity index (χ1) is 16.7. The highest BCUT2D eigenvalue weighted by molar-refractivity contribution is 6.04. The number of aromatic amines is 1. The monoisotopic (exact) mass is 488 g/mol. The van der Waals surface area contributed by atoms with Gasteiger partial charge in [-0.25, -0.2) is 0 Å². The maximum Gasteiger partial charge on any atom is 0.417 e. The lowest BCUT2D eigenvalue weighted by atomic mass is 10.0. The normalized spacial score (nSPS) is 11.7. The zero-order valence-electron chi connectivity index (χ0n) is 18.9. The van der Waals surface area contributed by atoms with Gasteiger partial charge in [-0.1, -0.05) is 0 Å². The van der Waals surface area contributed by atoms with Crippen molar-refractivity contribution in [2.24, 2.45) is 7.05 Å². The number of alkyl halides is 3. The molecule has 13 heteroatoms. The molecule has 184 valence electrons. The number of benzene rings is 1. The van der Waals surface area contributed by atoms with E-state index >= 15 is 0 Å². The van der Waals surface area contributed by atoms with E-state index in [1.807, 2.05) is 6.92 Å². The fraction of sp³-hybridized carbons (Fsp3) is 0.273. The fourth-order valence-electron chi connectivity index (χ4n) is 3.48. The summed E-state index contributed by atoms with van der Waals surface area (Å²) in [6.07, 6.45) is -3.09. The van der Waals surface area contributed by atoms with Crippen LogP contribution < -0.4 is 10.6 Å². The van der Waals surface area contributed by atoms with Crippen molar-refractivity contribution in [2.75, 3.05) is 18.5 Å². The van der Waals surface area contributed by atoms with Gasteiger partial charge in [0.1, 0.15) is 5.82 Å². The molecule has 4 rings (SSSR count). The number of halogens is 3. The highest BCUT2D eigenvalue weighted by Crippen LogP contribution is 2.37. The van der Waals surface area contributed by atoms with Crippen LogP contribution in [-0.2, 0) is 19.8 Å². The number of hydrogen-bond donors (Lipinski definition) is 4. The number of H-pyrrole nitrogens is 1. The number of anilines is 1. The number of nitrogens with one attached hydrogen (secondary N) is 3. The quantitative estimate of drug-likeness (QED) is 0.283. The molecule has 4 N–H and O–H groups in total. The first kappa shape index (κ1) is 24.2. The van der Waals surface area contributed by atoms with E-state index in [0.29, 0.717) is 24.6 Å². The number of aliphatic hydroxyl groups excluding tert-OH is 1. The molecule has 0 fully saturated rings. The van der Waals surface area contributed by atoms with Crippen molar-refractivity contribution in [1.82, 2.24) is 35.1 Å². The van der Waals surface area contributed by atoms with E-state index in [2.05, 4.69) is 31.0 Å². The molecule has 4 aromatic rings. The van der Waals surface area contributed by atoms with Crippen molar-refractivity contribution in [1.29, 1.82) is 0 Å². The number of aromatic nitrogens is 6. The predicted octanol–water partition coefficient (Wildman–Crippen LogP) is 2.66. The minimum atomic E-state index is -4.62. The maximum absolute atomic E-state index is 13.6. The van der Waals surface area contributed by atoms with Gasteiger partial charge in [0.05, 0.1) is 23.6 Å². The number of aryl methyl sites for hydroxylation is 2. The van der Waals surface area contributed by atoms with Crippen molar-refractivity contribution in [3.63, 3.8) is 0 Å². The van der Waals surface area contributed by atoms with Gasteiger partial charge in [-0.05, 0) is 31.2 Å². The highest BCUT2D eigenvalue weighted by Gasteiger charge is 2.34. The SMILES string of the molecule is Cc1cc(-n2nc(CNCCO)cc2NC(=O)c2ccc(C(F)(F)F)c(-c3ccn(C)n3)c2)n[nH]1. The molecule has 3 heterocycles. The molecule has 1 amide bonds. The van der Waals surface area contributed by atoms with Crippen LogP contribution in [0.5, 0.6) is 0 Å². The van der Waals surface area contributed by atoms with Crippen LogP contribution in [0.2, 0.25) is 0 Å². The Labute approximate surface area is 197 Å². The summed E-state index contributed by atoms with van der Waals surface area (Å²) in [5.41, 5.74) is 0.373. The van der Waals surface area contributed by atoms with Crippen LogP contribution in [0.3, 0.4) is 0 Å². The zero-order valence-corrected chi connectivity index (χ0v) is 18.9. The van der Waals surface area contributed by atoms with Crippen molar-refractivity contribution >= 4 is 11.7 Å². The van der Waals surface area contributed by atoms with Gasteiger partial charge in [-0.3, -0.25) is 14.6 Å². The van der Waals surface area contributed by atoms with E-state index in [1.54, 1.807) is 19.2 Å². The topological polar surface area (TPSA) is 126 Å². The van der Waals surface area contributed by atoms with Gasteiger partial charge in [0.2, 0.25) is 0 Å². The van der Waals surface area contributed by atoms with E-state index in [-0.39, 0.29) is 29.2 Å². The average molecular weight is 488 g/mol. The largest absolute Gasteiger partial charge is 0.417 e. The molecule has 1 aromatic carbocycles. The summed E-state index contributed by atoms with van der Waals surface area (Å²) in [6.45, 7) is 2.45. The summed E-state index contributed by atoms with van der Waals surface area (Å²) in [4.78, 5) is 13.1. The van der Waals surface area contributed by atoms with Crippen LogP contribution in [0.1, 0.15) is 27.3 Å². The molecule has 3 aromatic heterocycles. The molecule has 0 bridgehead atoms. The summed E-state index contributed by atoms with van der Waals surface area (Å²) in [6, 6.07) is 7.96. The van der Waals surface area contributed by atoms with Gasteiger partial charge >= 0.3 is 6.18 Å². The van der Waals surface area contributed by atoms with Crippen molar-refractivity contribution in [2.45, 2.75) is 19.6 Å². The first-order valence-electron chi connectivity index (χ1n) is 10.6. The Bertz CT molecular complexity index is 1340. The van der Waals surface area contributed by atoms with Gasteiger partial charge in [-0.2, -0.15) is 33.1 Å². The Morgan fingerprint density at radius 3 is 2.60 bits per heavy atom. The van der Waals surface area contributed by atoms with Crippen LogP contribution in [0.4, 0.5) is 19.0 Å². The number of carbonyl (C=O) groups is 1. The predicted molar refractivity (Wildman–Crippen MR) is 121 cm³/mol. The highest BCUT2D eigenvalue weighted by atomic mass is 19.4. The Morgan fingerprint density at radius 1 is 1.17 bits per heavy atom. The summed E-state index contributed by atoms with van der Waals surface area (Å²) >= 11 is 0. The third-order valence-electron chi connectivity index (χ3n) is 5.08. The lowest BCUT2D eigenvalue weighted by molar-refractivity contribution is -0.137. The Morgan fingerprint density at radius 2 is 1.97 bits per heavy atom. The average Bonchev–Trinajstić information content (AvgIpc) is 3.53. The second-order valence-corrected chi connectivity index (χ2v) is 7.83. The van der Waals surface area contributed by atoms with E-state index < -0.39 is 17.6 Å². The number of aliphatic hydroxyl groups is 1. The van der Waals surface area contributed by atoms with Crippen LogP contribution in [-0.4, -0.2) is 53.9 Å². The van der Waals surface area contributed by atoms with Crippen LogP contribution >= 0.6 is 0 Å². The molecule has 10 nitrogen and oxygen atoms in total. The summed E-state index contributed by atoms with van der Waals surface area (Å²) in [5.74, 6) is 0.0774. The zero-order chi connectivity index (χ0) is 25.2. The van der Waals surface area contributed by atoms with E-state index in [9.17, 15) is 18.0 Å². The van der Waals surface area contributed by atoms with Gasteiger partial charge in [-0.15, -0.1) is 0 Å². The van der Waals surface area contributed by atoms with Crippen molar-refractivity contribution in [3.05, 3.63) is 65.1 Å². The van der Waals surface area contributed by atoms with Gasteiger partial charge in [0.15, 0.2) is 5.82 Å². The first-order valence-corrected chi connectivity index (χ1v) is 10.6. The third kappa shape index (κ3) is 5.41. The molecule has 0 aliphatic heterocycles. The summed E-state index contributed by atoms with van der Waals surface area (Å²) < 4.78 is 43.7. The van der Waals surface area contributed by atoms with Gasteiger partial charge in [0, 0.05) is 55.3 Å². The molecule has 0 saturated carbocycles. The molecule has 35 heavy (non-hydrogen) atoms. The molecule has 0 saturated heterocycles. The third-order valence-corrected chi connectivity index (χ3v) is 5.08. The Hall–Kier alpha value is -3.97. The van der Waals surface area contributed by atoms with Crippen LogP contribution in [0, 0.1) is 6.92 Å². The van der Waals surface area contributed by atoms with E-state index in [4.69, 9.17) is 5.11 Å². The Balaban J connectivity index is 1.67. The molecule has 0 aliphatic carbocycles. The minimum Gasteiger partial charge on any atom is -0.395 e. The number of hydrogen-bond acceptors (Lipinski definition) is 6. The maximum atomic E-state index is 13.6. The smallest absolute Gasteiger partial charge is 0.395 e. The minimum absolute atomic E-state index is 0.0181. The second kappa shape index (κ2) is 9.72. The lowest BCUT2D eigenvalue weighted by Crippen LogP contribution is -2.17. The number of carbonyl (C=O) groups excluding carboxylic acids is 1. The fourth-order valence-corrected chi connectivity index (χ4v) is 3.48. The van der Waals surface area contributed by atoms with Crippen molar-refractivity contribution in [3.8, 4) is 17.1 Å². The number of nitrogens with zero attached hydrogens (tertiary/aromatic N) is 5. The second-order valence-electron chi connectivity index (χ2n) is 7.83. The van der Waals surface area contributed by atoms with Gasteiger partial charge in [0.25, 0.3) is 5.91 Å². The van der Waals surface area contributed by atoms with Gasteiger partial charge < -0.3 is 15.7 Å². The molecule has 0 atom stereocenters. The summed E-state index contributed by atoms with van der Waals surface area (Å²) in [7, 11) is 1.60. The molecular formula is C22H23F3N8O2. The van der Waals surface area contributed by atoms with Crippen molar-refractivity contribution < 1.29 is 23.1 Å². The number of amides is 1. The van der Waals surface area contributed by atoms with Crippen LogP contribution in [0.15, 0.2) is 42.6 Å². The molecule has 0 spiro atoms. The standard InChI is InChI=1S/C22H23F3N8O2/c1-13-9-20(29-28-13)33-19(11-15(30-33)12-26-6-8-34)27-21(35)14-3-4-17(22(23,24)25)16(10-14)18-5-7-32(2)31-18/h3-5,7,9-11,26,34H,6,8,12H2,1-2H3,(H,27,35)(H,28,29). The number of rotatable bonds is 8. The summed E-state index contributed by atoms with van der Waals surface area (Å²) in [5, 5.41) is 30.2. The molecule has 0 unspecified atom stereocenters. The molecular weight excluding hydrogens is 465 g/mol. The van der Waals surface area contributed by atoms with E-state index in [0.717, 1.165) is 17.8 Å². The Kier molecular flexibility index (Phi) is 6.71. The van der Waals surface area contributed by atoms with Crippen LogP contribution in [0.25, 0.3) is 17.1 Å².